The average molecular weight is 345 g/mol. The van der Waals surface area contributed by atoms with Gasteiger partial charge in [-0.05, 0) is 6.92 Å². The predicted molar refractivity (Wildman–Crippen MR) is 74.5 cm³/mol. The standard InChI is InChI=1S/C11H13N4O7P/c1-11(8(17)7(16)5(22-11)2-21-23(19)20)15-4-14-6-9(15)12-3-13-10(6)18/h3-5,7-8,16-17H,2H2,1H3,(H-,12,13,18,19,20)/p+1/t5-,7-,8-,11-/m1/s1. The molecule has 23 heavy (non-hydrogen) atoms. The van der Waals surface area contributed by atoms with Crippen LogP contribution in [0.3, 0.4) is 0 Å². The summed E-state index contributed by atoms with van der Waals surface area (Å²) < 4.78 is 22.1. The normalized spacial score (nSPS) is 31.7. The number of aliphatic hydroxyl groups excluding tert-OH is 2. The fourth-order valence-corrected chi connectivity index (χ4v) is 2.88. The Morgan fingerprint density at radius 3 is 2.96 bits per heavy atom. The first-order valence-electron chi connectivity index (χ1n) is 6.59. The van der Waals surface area contributed by atoms with Crippen LogP contribution in [0.1, 0.15) is 6.92 Å². The van der Waals surface area contributed by atoms with Crippen LogP contribution in [-0.4, -0.2) is 59.5 Å². The average Bonchev–Trinajstić information content (AvgIpc) is 3.03. The van der Waals surface area contributed by atoms with Gasteiger partial charge in [-0.25, -0.2) is 9.97 Å². The molecule has 12 heteroatoms. The number of imidazole rings is 1. The molecule has 2 aromatic heterocycles. The van der Waals surface area contributed by atoms with E-state index in [1.807, 2.05) is 0 Å². The van der Waals surface area contributed by atoms with Gasteiger partial charge in [-0.3, -0.25) is 9.36 Å². The summed E-state index contributed by atoms with van der Waals surface area (Å²) in [5.74, 6) is 0. The Labute approximate surface area is 129 Å². The van der Waals surface area contributed by atoms with Crippen LogP contribution in [0, 0.1) is 0 Å². The molecule has 0 radical (unpaired) electrons. The zero-order valence-electron chi connectivity index (χ0n) is 11.9. The fourth-order valence-electron chi connectivity index (χ4n) is 2.61. The minimum absolute atomic E-state index is 0.0529. The zero-order chi connectivity index (χ0) is 16.8. The molecule has 3 rings (SSSR count). The van der Waals surface area contributed by atoms with E-state index < -0.39 is 37.9 Å². The van der Waals surface area contributed by atoms with Crippen molar-refractivity contribution in [2.45, 2.75) is 31.0 Å². The number of aliphatic hydroxyl groups is 2. The van der Waals surface area contributed by atoms with E-state index in [2.05, 4.69) is 19.5 Å². The van der Waals surface area contributed by atoms with Gasteiger partial charge in [-0.2, -0.15) is 0 Å². The summed E-state index contributed by atoms with van der Waals surface area (Å²) in [4.78, 5) is 30.7. The van der Waals surface area contributed by atoms with Crippen molar-refractivity contribution in [2.24, 2.45) is 0 Å². The second-order valence-corrected chi connectivity index (χ2v) is 5.93. The molecule has 3 heterocycles. The van der Waals surface area contributed by atoms with E-state index in [1.165, 1.54) is 24.1 Å². The molecule has 0 spiro atoms. The summed E-state index contributed by atoms with van der Waals surface area (Å²) in [6, 6.07) is 0. The maximum Gasteiger partial charge on any atom is 0.694 e. The maximum atomic E-state index is 11.7. The highest BCUT2D eigenvalue weighted by Gasteiger charge is 2.53. The molecule has 1 aliphatic heterocycles. The lowest BCUT2D eigenvalue weighted by molar-refractivity contribution is -0.130. The molecule has 0 bridgehead atoms. The van der Waals surface area contributed by atoms with E-state index in [-0.39, 0.29) is 17.8 Å². The summed E-state index contributed by atoms with van der Waals surface area (Å²) in [5, 5.41) is 20.4. The topological polar surface area (TPSA) is 160 Å². The second kappa shape index (κ2) is 5.71. The molecule has 5 atom stereocenters. The molecule has 0 amide bonds. The van der Waals surface area contributed by atoms with Crippen LogP contribution in [-0.2, 0) is 19.6 Å². The molecular formula is C11H14N4O7P+. The molecule has 1 saturated heterocycles. The van der Waals surface area contributed by atoms with Gasteiger partial charge in [0, 0.05) is 4.57 Å². The van der Waals surface area contributed by atoms with Crippen molar-refractivity contribution < 1.29 is 28.9 Å². The van der Waals surface area contributed by atoms with Crippen LogP contribution in [0.25, 0.3) is 11.2 Å². The first kappa shape index (κ1) is 16.1. The number of aromatic amines is 1. The smallest absolute Gasteiger partial charge is 0.387 e. The molecule has 1 unspecified atom stereocenters. The van der Waals surface area contributed by atoms with Crippen LogP contribution in [0.15, 0.2) is 17.4 Å². The van der Waals surface area contributed by atoms with E-state index in [4.69, 9.17) is 9.63 Å². The molecule has 0 aromatic carbocycles. The van der Waals surface area contributed by atoms with Gasteiger partial charge in [0.2, 0.25) is 0 Å². The number of nitrogens with one attached hydrogen (secondary N) is 1. The lowest BCUT2D eigenvalue weighted by atomic mass is 10.0. The molecule has 124 valence electrons. The van der Waals surface area contributed by atoms with Gasteiger partial charge in [-0.1, -0.05) is 0 Å². The SMILES string of the molecule is C[C@@]1(n2cnc3c(=O)[nH]cnc32)O[C@H](CO[P+](=O)O)[C@@H](O)[C@H]1O. The largest absolute Gasteiger partial charge is 0.694 e. The molecule has 4 N–H and O–H groups in total. The second-order valence-electron chi connectivity index (χ2n) is 5.20. The van der Waals surface area contributed by atoms with Gasteiger partial charge in [0.25, 0.3) is 5.56 Å². The highest BCUT2D eigenvalue weighted by atomic mass is 31.1. The van der Waals surface area contributed by atoms with E-state index in [0.29, 0.717) is 0 Å². The Hall–Kier alpha value is -1.75. The quantitative estimate of drug-likeness (QED) is 0.487. The Kier molecular flexibility index (Phi) is 4.00. The Bertz CT molecular complexity index is 807. The summed E-state index contributed by atoms with van der Waals surface area (Å²) in [5.41, 5.74) is -1.72. The molecule has 0 saturated carbocycles. The number of rotatable bonds is 4. The van der Waals surface area contributed by atoms with Crippen molar-refractivity contribution in [3.63, 3.8) is 0 Å². The first-order chi connectivity index (χ1) is 10.8. The van der Waals surface area contributed by atoms with Crippen LogP contribution in [0.5, 0.6) is 0 Å². The highest BCUT2D eigenvalue weighted by molar-refractivity contribution is 7.32. The minimum Gasteiger partial charge on any atom is -0.387 e. The van der Waals surface area contributed by atoms with Crippen molar-refractivity contribution in [2.75, 3.05) is 6.61 Å². The van der Waals surface area contributed by atoms with Crippen LogP contribution >= 0.6 is 8.25 Å². The predicted octanol–water partition coefficient (Wildman–Crippen LogP) is -1.42. The number of hydrogen-bond donors (Lipinski definition) is 4. The third kappa shape index (κ3) is 2.57. The number of hydrogen-bond acceptors (Lipinski definition) is 8. The van der Waals surface area contributed by atoms with Gasteiger partial charge < -0.3 is 19.9 Å². The lowest BCUT2D eigenvalue weighted by Crippen LogP contribution is -2.43. The molecule has 11 nitrogen and oxygen atoms in total. The molecule has 2 aromatic rings. The Morgan fingerprint density at radius 1 is 1.52 bits per heavy atom. The van der Waals surface area contributed by atoms with Crippen molar-refractivity contribution in [3.05, 3.63) is 23.0 Å². The highest BCUT2D eigenvalue weighted by Crippen LogP contribution is 2.37. The van der Waals surface area contributed by atoms with Crippen LogP contribution in [0.4, 0.5) is 0 Å². The van der Waals surface area contributed by atoms with E-state index in [9.17, 15) is 19.6 Å². The Morgan fingerprint density at radius 2 is 2.26 bits per heavy atom. The van der Waals surface area contributed by atoms with Gasteiger partial charge in [0.05, 0.1) is 12.7 Å². The van der Waals surface area contributed by atoms with Gasteiger partial charge in [0.1, 0.15) is 24.9 Å². The maximum absolute atomic E-state index is 11.7. The van der Waals surface area contributed by atoms with Crippen molar-refractivity contribution in [1.29, 1.82) is 0 Å². The summed E-state index contributed by atoms with van der Waals surface area (Å²) in [7, 11) is -2.86. The number of H-pyrrole nitrogens is 1. The van der Waals surface area contributed by atoms with Crippen LogP contribution < -0.4 is 5.56 Å². The minimum atomic E-state index is -2.86. The van der Waals surface area contributed by atoms with Gasteiger partial charge >= 0.3 is 8.25 Å². The van der Waals surface area contributed by atoms with Crippen LogP contribution in [0.2, 0.25) is 0 Å². The summed E-state index contributed by atoms with van der Waals surface area (Å²) in [6.07, 6.45) is -1.36. The van der Waals surface area contributed by atoms with Crippen molar-refractivity contribution in [1.82, 2.24) is 19.5 Å². The van der Waals surface area contributed by atoms with E-state index >= 15 is 0 Å². The van der Waals surface area contributed by atoms with E-state index in [1.54, 1.807) is 0 Å². The van der Waals surface area contributed by atoms with Gasteiger partial charge in [0.15, 0.2) is 16.9 Å². The third-order valence-electron chi connectivity index (χ3n) is 3.81. The first-order valence-corrected chi connectivity index (χ1v) is 7.72. The Balaban J connectivity index is 1.98. The molecule has 1 aliphatic rings. The summed E-state index contributed by atoms with van der Waals surface area (Å²) >= 11 is 0. The monoisotopic (exact) mass is 345 g/mol. The van der Waals surface area contributed by atoms with Gasteiger partial charge in [-0.15, -0.1) is 9.42 Å². The van der Waals surface area contributed by atoms with Crippen molar-refractivity contribution >= 4 is 19.4 Å². The number of fused-ring (bicyclic) bond motifs is 1. The molecule has 0 aliphatic carbocycles. The summed E-state index contributed by atoms with van der Waals surface area (Å²) in [6.45, 7) is 1.09. The number of nitrogens with zero attached hydrogens (tertiary/aromatic N) is 3. The third-order valence-corrected chi connectivity index (χ3v) is 4.18. The zero-order valence-corrected chi connectivity index (χ0v) is 12.8. The lowest BCUT2D eigenvalue weighted by Gasteiger charge is -2.29. The molecular weight excluding hydrogens is 331 g/mol. The number of aromatic nitrogens is 4. The van der Waals surface area contributed by atoms with E-state index in [0.717, 1.165) is 0 Å². The molecule has 1 fully saturated rings. The number of ether oxygens (including phenoxy) is 1. The fraction of sp³-hybridized carbons (Fsp3) is 0.545. The van der Waals surface area contributed by atoms with Crippen molar-refractivity contribution in [3.8, 4) is 0 Å².